The van der Waals surface area contributed by atoms with Crippen molar-refractivity contribution in [2.45, 2.75) is 38.1 Å². The second-order valence-electron chi connectivity index (χ2n) is 5.55. The van der Waals surface area contributed by atoms with Gasteiger partial charge >= 0.3 is 0 Å². The van der Waals surface area contributed by atoms with Gasteiger partial charge in [0, 0.05) is 18.4 Å². The zero-order chi connectivity index (χ0) is 13.1. The van der Waals surface area contributed by atoms with E-state index in [1.165, 1.54) is 37.8 Å². The molecule has 19 heavy (non-hydrogen) atoms. The molecule has 0 N–H and O–H groups in total. The molecule has 2 aromatic rings. The average Bonchev–Trinajstić information content (AvgIpc) is 2.46. The first kappa shape index (κ1) is 12.5. The average molecular weight is 255 g/mol. The van der Waals surface area contributed by atoms with Crippen LogP contribution >= 0.6 is 0 Å². The van der Waals surface area contributed by atoms with Crippen LogP contribution in [0.2, 0.25) is 0 Å². The van der Waals surface area contributed by atoms with Gasteiger partial charge in [-0.25, -0.2) is 0 Å². The number of hydrogen-bond donors (Lipinski definition) is 0. The minimum atomic E-state index is 0.756. The second kappa shape index (κ2) is 5.66. The first-order valence-corrected chi connectivity index (χ1v) is 7.23. The first-order chi connectivity index (χ1) is 9.33. The van der Waals surface area contributed by atoms with Crippen LogP contribution in [-0.2, 0) is 6.42 Å². The van der Waals surface area contributed by atoms with Crippen molar-refractivity contribution in [3.8, 4) is 0 Å². The molecule has 0 saturated carbocycles. The van der Waals surface area contributed by atoms with Gasteiger partial charge in [0.15, 0.2) is 0 Å². The highest BCUT2D eigenvalue weighted by Gasteiger charge is 2.18. The van der Waals surface area contributed by atoms with Crippen LogP contribution in [0.5, 0.6) is 0 Å². The van der Waals surface area contributed by atoms with Gasteiger partial charge in [-0.05, 0) is 57.0 Å². The maximum absolute atomic E-state index is 4.38. The van der Waals surface area contributed by atoms with E-state index in [-0.39, 0.29) is 0 Å². The lowest BCUT2D eigenvalue weighted by Crippen LogP contribution is -2.36. The Morgan fingerprint density at radius 2 is 2.00 bits per heavy atom. The van der Waals surface area contributed by atoms with E-state index in [9.17, 15) is 0 Å². The van der Waals surface area contributed by atoms with E-state index in [2.05, 4.69) is 40.1 Å². The summed E-state index contributed by atoms with van der Waals surface area (Å²) in [7, 11) is 2.26. The van der Waals surface area contributed by atoms with Gasteiger partial charge in [-0.1, -0.05) is 12.5 Å². The number of benzene rings is 1. The Hall–Kier alpha value is -1.48. The number of hydrogen-bond acceptors (Lipinski definition) is 3. The number of fused-ring (bicyclic) bond motifs is 1. The Kier molecular flexibility index (Phi) is 3.74. The van der Waals surface area contributed by atoms with Crippen molar-refractivity contribution in [1.29, 1.82) is 0 Å². The third-order valence-electron chi connectivity index (χ3n) is 4.22. The molecule has 1 aliphatic heterocycles. The van der Waals surface area contributed by atoms with Gasteiger partial charge in [0.2, 0.25) is 0 Å². The van der Waals surface area contributed by atoms with Gasteiger partial charge in [-0.3, -0.25) is 9.97 Å². The molecular weight excluding hydrogens is 234 g/mol. The molecule has 1 aromatic heterocycles. The van der Waals surface area contributed by atoms with Crippen LogP contribution in [0.4, 0.5) is 0 Å². The number of piperidine rings is 1. The van der Waals surface area contributed by atoms with Gasteiger partial charge in [0.1, 0.15) is 0 Å². The Morgan fingerprint density at radius 3 is 2.84 bits per heavy atom. The minimum absolute atomic E-state index is 0.756. The molecule has 100 valence electrons. The molecule has 1 fully saturated rings. The van der Waals surface area contributed by atoms with Gasteiger partial charge in [-0.2, -0.15) is 0 Å². The third kappa shape index (κ3) is 2.92. The molecule has 1 aromatic carbocycles. The van der Waals surface area contributed by atoms with Crippen molar-refractivity contribution in [3.63, 3.8) is 0 Å². The van der Waals surface area contributed by atoms with Gasteiger partial charge < -0.3 is 4.90 Å². The molecule has 0 bridgehead atoms. The van der Waals surface area contributed by atoms with Crippen molar-refractivity contribution in [1.82, 2.24) is 14.9 Å². The molecule has 0 aliphatic carbocycles. The predicted octanol–water partition coefficient (Wildman–Crippen LogP) is 3.05. The molecule has 0 amide bonds. The normalized spacial score (nSPS) is 20.8. The largest absolute Gasteiger partial charge is 0.303 e. The lowest BCUT2D eigenvalue weighted by molar-refractivity contribution is 0.176. The molecule has 3 heteroatoms. The highest BCUT2D eigenvalue weighted by Crippen LogP contribution is 2.20. The molecule has 3 nitrogen and oxygen atoms in total. The number of aromatic nitrogens is 2. The van der Waals surface area contributed by atoms with E-state index in [0.717, 1.165) is 23.5 Å². The summed E-state index contributed by atoms with van der Waals surface area (Å²) >= 11 is 0. The maximum Gasteiger partial charge on any atom is 0.0889 e. The van der Waals surface area contributed by atoms with Crippen LogP contribution in [-0.4, -0.2) is 34.5 Å². The summed E-state index contributed by atoms with van der Waals surface area (Å²) in [5, 5.41) is 0. The van der Waals surface area contributed by atoms with Crippen molar-refractivity contribution >= 4 is 11.0 Å². The molecule has 1 unspecified atom stereocenters. The standard InChI is InChI=1S/C16H21N3/c1-19-11-3-2-4-14(19)7-5-13-6-8-15-16(12-13)18-10-9-17-15/h6,8-10,12,14H,2-5,7,11H2,1H3. The quantitative estimate of drug-likeness (QED) is 0.844. The Morgan fingerprint density at radius 1 is 1.16 bits per heavy atom. The van der Waals surface area contributed by atoms with E-state index in [4.69, 9.17) is 0 Å². The van der Waals surface area contributed by atoms with Crippen molar-refractivity contribution in [2.24, 2.45) is 0 Å². The predicted molar refractivity (Wildman–Crippen MR) is 78.1 cm³/mol. The monoisotopic (exact) mass is 255 g/mol. The van der Waals surface area contributed by atoms with Crippen molar-refractivity contribution in [2.75, 3.05) is 13.6 Å². The fourth-order valence-corrected chi connectivity index (χ4v) is 3.01. The topological polar surface area (TPSA) is 29.0 Å². The summed E-state index contributed by atoms with van der Waals surface area (Å²) in [6, 6.07) is 7.22. The van der Waals surface area contributed by atoms with Gasteiger partial charge in [0.05, 0.1) is 11.0 Å². The minimum Gasteiger partial charge on any atom is -0.303 e. The van der Waals surface area contributed by atoms with Crippen LogP contribution in [0.3, 0.4) is 0 Å². The van der Waals surface area contributed by atoms with Crippen LogP contribution in [0, 0.1) is 0 Å². The zero-order valence-electron chi connectivity index (χ0n) is 11.5. The van der Waals surface area contributed by atoms with E-state index in [0.29, 0.717) is 0 Å². The lowest BCUT2D eigenvalue weighted by atomic mass is 9.96. The summed E-state index contributed by atoms with van der Waals surface area (Å²) in [6.45, 7) is 1.26. The fraction of sp³-hybridized carbons (Fsp3) is 0.500. The molecule has 0 spiro atoms. The Labute approximate surface area is 114 Å². The molecule has 3 rings (SSSR count). The fourth-order valence-electron chi connectivity index (χ4n) is 3.01. The van der Waals surface area contributed by atoms with E-state index < -0.39 is 0 Å². The number of aryl methyl sites for hydroxylation is 1. The maximum atomic E-state index is 4.38. The number of likely N-dealkylation sites (tertiary alicyclic amines) is 1. The summed E-state index contributed by atoms with van der Waals surface area (Å²) in [6.07, 6.45) is 10.0. The zero-order valence-corrected chi connectivity index (χ0v) is 11.5. The summed E-state index contributed by atoms with van der Waals surface area (Å²) in [4.78, 5) is 11.2. The van der Waals surface area contributed by atoms with Crippen LogP contribution in [0.25, 0.3) is 11.0 Å². The number of nitrogens with zero attached hydrogens (tertiary/aromatic N) is 3. The molecule has 1 aliphatic rings. The molecule has 1 atom stereocenters. The van der Waals surface area contributed by atoms with E-state index in [1.807, 2.05) is 0 Å². The van der Waals surface area contributed by atoms with Crippen LogP contribution in [0.1, 0.15) is 31.2 Å². The highest BCUT2D eigenvalue weighted by atomic mass is 15.1. The van der Waals surface area contributed by atoms with E-state index >= 15 is 0 Å². The molecule has 0 radical (unpaired) electrons. The molecule has 2 heterocycles. The lowest BCUT2D eigenvalue weighted by Gasteiger charge is -2.32. The van der Waals surface area contributed by atoms with Gasteiger partial charge in [0.25, 0.3) is 0 Å². The Bertz CT molecular complexity index is 552. The SMILES string of the molecule is CN1CCCCC1CCc1ccc2nccnc2c1. The molecule has 1 saturated heterocycles. The third-order valence-corrected chi connectivity index (χ3v) is 4.22. The highest BCUT2D eigenvalue weighted by molar-refractivity contribution is 5.74. The smallest absolute Gasteiger partial charge is 0.0889 e. The Balaban J connectivity index is 1.67. The molecular formula is C16H21N3. The van der Waals surface area contributed by atoms with Crippen molar-refractivity contribution < 1.29 is 0 Å². The van der Waals surface area contributed by atoms with Gasteiger partial charge in [-0.15, -0.1) is 0 Å². The van der Waals surface area contributed by atoms with Crippen LogP contribution in [0.15, 0.2) is 30.6 Å². The summed E-state index contributed by atoms with van der Waals surface area (Å²) in [5.74, 6) is 0. The van der Waals surface area contributed by atoms with Crippen LogP contribution < -0.4 is 0 Å². The first-order valence-electron chi connectivity index (χ1n) is 7.23. The second-order valence-corrected chi connectivity index (χ2v) is 5.55. The summed E-state index contributed by atoms with van der Waals surface area (Å²) in [5.41, 5.74) is 3.38. The van der Waals surface area contributed by atoms with E-state index in [1.54, 1.807) is 12.4 Å². The summed E-state index contributed by atoms with van der Waals surface area (Å²) < 4.78 is 0. The van der Waals surface area contributed by atoms with Crippen molar-refractivity contribution in [3.05, 3.63) is 36.2 Å². The number of rotatable bonds is 3.